The number of sulfonamides is 1. The molecule has 2 heterocycles. The summed E-state index contributed by atoms with van der Waals surface area (Å²) in [6, 6.07) is 11.6. The van der Waals surface area contributed by atoms with Crippen molar-refractivity contribution in [3.8, 4) is 0 Å². The molecular formula is C24H29N3O4S. The Balaban J connectivity index is 1.59. The molecule has 2 amide bonds. The van der Waals surface area contributed by atoms with Crippen molar-refractivity contribution >= 4 is 27.5 Å². The fraction of sp³-hybridized carbons (Fsp3) is 0.417. The van der Waals surface area contributed by atoms with Gasteiger partial charge in [-0.05, 0) is 62.4 Å². The van der Waals surface area contributed by atoms with Crippen LogP contribution in [0.3, 0.4) is 0 Å². The van der Waals surface area contributed by atoms with Crippen LogP contribution in [-0.2, 0) is 10.0 Å². The zero-order valence-electron chi connectivity index (χ0n) is 18.3. The number of amides is 2. The number of carbonyl (C=O) groups excluding carboxylic acids is 2. The molecule has 0 spiro atoms. The van der Waals surface area contributed by atoms with E-state index in [0.29, 0.717) is 29.9 Å². The molecule has 0 atom stereocenters. The van der Waals surface area contributed by atoms with E-state index in [1.54, 1.807) is 48.2 Å². The lowest BCUT2D eigenvalue weighted by atomic mass is 10.1. The van der Waals surface area contributed by atoms with Crippen molar-refractivity contribution < 1.29 is 18.0 Å². The van der Waals surface area contributed by atoms with Gasteiger partial charge < -0.3 is 10.2 Å². The molecule has 2 aliphatic heterocycles. The second-order valence-electron chi connectivity index (χ2n) is 8.44. The van der Waals surface area contributed by atoms with Gasteiger partial charge in [0.1, 0.15) is 0 Å². The van der Waals surface area contributed by atoms with E-state index < -0.39 is 15.9 Å². The number of piperidine rings is 1. The summed E-state index contributed by atoms with van der Waals surface area (Å²) >= 11 is 0. The van der Waals surface area contributed by atoms with Crippen LogP contribution in [0.1, 0.15) is 58.4 Å². The number of hydrogen-bond acceptors (Lipinski definition) is 4. The number of hydrogen-bond donors (Lipinski definition) is 1. The van der Waals surface area contributed by atoms with E-state index in [2.05, 4.69) is 5.32 Å². The third kappa shape index (κ3) is 4.56. The summed E-state index contributed by atoms with van der Waals surface area (Å²) in [5.41, 5.74) is 1.82. The average Bonchev–Trinajstić information content (AvgIpc) is 3.35. The number of rotatable bonds is 5. The highest BCUT2D eigenvalue weighted by atomic mass is 32.2. The molecule has 32 heavy (non-hydrogen) atoms. The Morgan fingerprint density at radius 2 is 1.50 bits per heavy atom. The monoisotopic (exact) mass is 455 g/mol. The van der Waals surface area contributed by atoms with Gasteiger partial charge in [0.05, 0.1) is 16.1 Å². The molecule has 2 aromatic rings. The molecule has 0 aliphatic carbocycles. The number of carbonyl (C=O) groups is 2. The number of para-hydroxylation sites is 1. The smallest absolute Gasteiger partial charge is 0.255 e. The standard InChI is InChI=1S/C24H29N3O4S/c1-18-11-12-19(32(30,31)27-15-5-2-6-16-27)17-21(18)23(28)25-22-10-4-3-9-20(22)24(29)26-13-7-8-14-26/h3-4,9-12,17H,2,5-8,13-16H2,1H3,(H,25,28). The van der Waals surface area contributed by atoms with Crippen molar-refractivity contribution in [2.75, 3.05) is 31.5 Å². The number of nitrogens with one attached hydrogen (secondary N) is 1. The fourth-order valence-electron chi connectivity index (χ4n) is 4.32. The van der Waals surface area contributed by atoms with Crippen LogP contribution in [0.5, 0.6) is 0 Å². The van der Waals surface area contributed by atoms with Crippen LogP contribution in [0.2, 0.25) is 0 Å². The van der Waals surface area contributed by atoms with Gasteiger partial charge in [0.25, 0.3) is 11.8 Å². The third-order valence-corrected chi connectivity index (χ3v) is 8.10. The molecule has 0 bridgehead atoms. The molecule has 7 nitrogen and oxygen atoms in total. The van der Waals surface area contributed by atoms with Gasteiger partial charge in [0.2, 0.25) is 10.0 Å². The predicted molar refractivity (Wildman–Crippen MR) is 123 cm³/mol. The zero-order chi connectivity index (χ0) is 22.7. The van der Waals surface area contributed by atoms with Gasteiger partial charge in [0.15, 0.2) is 0 Å². The Bertz CT molecular complexity index is 1120. The molecule has 2 aliphatic rings. The molecular weight excluding hydrogens is 426 g/mol. The Kier molecular flexibility index (Phi) is 6.62. The lowest BCUT2D eigenvalue weighted by Gasteiger charge is -2.26. The average molecular weight is 456 g/mol. The van der Waals surface area contributed by atoms with Crippen molar-refractivity contribution in [2.24, 2.45) is 0 Å². The highest BCUT2D eigenvalue weighted by Crippen LogP contribution is 2.25. The first-order valence-corrected chi connectivity index (χ1v) is 12.6. The Labute approximate surface area is 189 Å². The molecule has 8 heteroatoms. The predicted octanol–water partition coefficient (Wildman–Crippen LogP) is 3.66. The van der Waals surface area contributed by atoms with Gasteiger partial charge in [0, 0.05) is 31.7 Å². The van der Waals surface area contributed by atoms with Crippen molar-refractivity contribution in [1.82, 2.24) is 9.21 Å². The van der Waals surface area contributed by atoms with E-state index in [0.717, 1.165) is 45.2 Å². The number of benzene rings is 2. The molecule has 1 N–H and O–H groups in total. The van der Waals surface area contributed by atoms with Crippen LogP contribution >= 0.6 is 0 Å². The molecule has 2 saturated heterocycles. The molecule has 2 fully saturated rings. The normalized spacial score (nSPS) is 17.3. The molecule has 0 aromatic heterocycles. The highest BCUT2D eigenvalue weighted by molar-refractivity contribution is 7.89. The summed E-state index contributed by atoms with van der Waals surface area (Å²) < 4.78 is 27.6. The summed E-state index contributed by atoms with van der Waals surface area (Å²) in [5.74, 6) is -0.531. The minimum Gasteiger partial charge on any atom is -0.339 e. The third-order valence-electron chi connectivity index (χ3n) is 6.21. The maximum absolute atomic E-state index is 13.1. The van der Waals surface area contributed by atoms with Crippen molar-refractivity contribution in [1.29, 1.82) is 0 Å². The minimum atomic E-state index is -3.65. The highest BCUT2D eigenvalue weighted by Gasteiger charge is 2.27. The van der Waals surface area contributed by atoms with E-state index in [1.807, 2.05) is 0 Å². The second kappa shape index (κ2) is 9.42. The lowest BCUT2D eigenvalue weighted by molar-refractivity contribution is 0.0794. The van der Waals surface area contributed by atoms with Crippen molar-refractivity contribution in [3.05, 3.63) is 59.2 Å². The van der Waals surface area contributed by atoms with Gasteiger partial charge >= 0.3 is 0 Å². The van der Waals surface area contributed by atoms with E-state index in [9.17, 15) is 18.0 Å². The topological polar surface area (TPSA) is 86.8 Å². The Morgan fingerprint density at radius 1 is 0.844 bits per heavy atom. The number of likely N-dealkylation sites (tertiary alicyclic amines) is 1. The number of aryl methyl sites for hydroxylation is 1. The molecule has 0 unspecified atom stereocenters. The van der Waals surface area contributed by atoms with Crippen LogP contribution < -0.4 is 5.32 Å². The maximum atomic E-state index is 13.1. The summed E-state index contributed by atoms with van der Waals surface area (Å²) in [4.78, 5) is 28.0. The van der Waals surface area contributed by atoms with Gasteiger partial charge in [-0.1, -0.05) is 24.6 Å². The van der Waals surface area contributed by atoms with Gasteiger partial charge in [-0.3, -0.25) is 9.59 Å². The van der Waals surface area contributed by atoms with Crippen LogP contribution in [0.25, 0.3) is 0 Å². The fourth-order valence-corrected chi connectivity index (χ4v) is 5.86. The Hall–Kier alpha value is -2.71. The van der Waals surface area contributed by atoms with Crippen LogP contribution in [0.4, 0.5) is 5.69 Å². The first-order chi connectivity index (χ1) is 15.4. The maximum Gasteiger partial charge on any atom is 0.255 e. The summed E-state index contributed by atoms with van der Waals surface area (Å²) in [5, 5.41) is 2.84. The van der Waals surface area contributed by atoms with Gasteiger partial charge in [-0.2, -0.15) is 4.31 Å². The summed E-state index contributed by atoms with van der Waals surface area (Å²) in [7, 11) is -3.65. The van der Waals surface area contributed by atoms with E-state index in [1.165, 1.54) is 10.4 Å². The molecule has 0 radical (unpaired) electrons. The molecule has 0 saturated carbocycles. The van der Waals surface area contributed by atoms with Crippen molar-refractivity contribution in [3.63, 3.8) is 0 Å². The first kappa shape index (κ1) is 22.5. The molecule has 2 aromatic carbocycles. The van der Waals surface area contributed by atoms with Gasteiger partial charge in [-0.15, -0.1) is 0 Å². The number of anilines is 1. The van der Waals surface area contributed by atoms with E-state index >= 15 is 0 Å². The largest absolute Gasteiger partial charge is 0.339 e. The summed E-state index contributed by atoms with van der Waals surface area (Å²) in [6.07, 6.45) is 4.69. The Morgan fingerprint density at radius 3 is 2.22 bits per heavy atom. The van der Waals surface area contributed by atoms with Crippen LogP contribution in [0, 0.1) is 6.92 Å². The minimum absolute atomic E-state index is 0.100. The SMILES string of the molecule is Cc1ccc(S(=O)(=O)N2CCCCC2)cc1C(=O)Nc1ccccc1C(=O)N1CCCC1. The van der Waals surface area contributed by atoms with E-state index in [4.69, 9.17) is 0 Å². The second-order valence-corrected chi connectivity index (χ2v) is 10.4. The van der Waals surface area contributed by atoms with E-state index in [-0.39, 0.29) is 16.4 Å². The van der Waals surface area contributed by atoms with Crippen LogP contribution in [-0.4, -0.2) is 55.6 Å². The van der Waals surface area contributed by atoms with Crippen LogP contribution in [0.15, 0.2) is 47.4 Å². The van der Waals surface area contributed by atoms with Gasteiger partial charge in [-0.25, -0.2) is 8.42 Å². The molecule has 170 valence electrons. The van der Waals surface area contributed by atoms with Crippen molar-refractivity contribution in [2.45, 2.75) is 43.9 Å². The lowest BCUT2D eigenvalue weighted by Crippen LogP contribution is -2.35. The quantitative estimate of drug-likeness (QED) is 0.746. The molecule has 4 rings (SSSR count). The summed E-state index contributed by atoms with van der Waals surface area (Å²) in [6.45, 7) is 4.22. The first-order valence-electron chi connectivity index (χ1n) is 11.2. The zero-order valence-corrected chi connectivity index (χ0v) is 19.2. The number of nitrogens with zero attached hydrogens (tertiary/aromatic N) is 2.